The zero-order valence-electron chi connectivity index (χ0n) is 11.7. The molecule has 7 heteroatoms. The number of carbonyl (C=O) groups is 1. The van der Waals surface area contributed by atoms with Crippen LogP contribution in [0.1, 0.15) is 18.4 Å². The Morgan fingerprint density at radius 3 is 2.45 bits per heavy atom. The van der Waals surface area contributed by atoms with Crippen LogP contribution in [0.25, 0.3) is 0 Å². The summed E-state index contributed by atoms with van der Waals surface area (Å²) in [6.45, 7) is 2.58. The zero-order valence-corrected chi connectivity index (χ0v) is 12.5. The summed E-state index contributed by atoms with van der Waals surface area (Å²) in [4.78, 5) is 11.5. The van der Waals surface area contributed by atoms with Crippen molar-refractivity contribution >= 4 is 21.8 Å². The number of carbonyl (C=O) groups excluding carboxylic acids is 1. The van der Waals surface area contributed by atoms with Crippen molar-refractivity contribution in [1.82, 2.24) is 5.32 Å². The van der Waals surface area contributed by atoms with Crippen LogP contribution in [0.4, 0.5) is 10.5 Å². The Bertz CT molecular complexity index is 526. The first-order valence-corrected chi connectivity index (χ1v) is 8.14. The summed E-state index contributed by atoms with van der Waals surface area (Å²) >= 11 is 0. The summed E-state index contributed by atoms with van der Waals surface area (Å²) in [5, 5.41) is 5.40. The lowest BCUT2D eigenvalue weighted by Gasteiger charge is -2.07. The molecule has 0 unspecified atom stereocenters. The Morgan fingerprint density at radius 2 is 1.85 bits per heavy atom. The van der Waals surface area contributed by atoms with Crippen LogP contribution in [-0.2, 0) is 14.3 Å². The van der Waals surface area contributed by atoms with E-state index < -0.39 is 10.1 Å². The Balaban J connectivity index is 2.13. The minimum absolute atomic E-state index is 0.139. The second-order valence-corrected chi connectivity index (χ2v) is 6.12. The summed E-state index contributed by atoms with van der Waals surface area (Å²) in [5.41, 5.74) is 1.86. The van der Waals surface area contributed by atoms with Crippen molar-refractivity contribution in [3.8, 4) is 0 Å². The van der Waals surface area contributed by atoms with Crippen LogP contribution in [0.5, 0.6) is 0 Å². The molecular formula is C13H20N2O4S. The molecule has 0 spiro atoms. The van der Waals surface area contributed by atoms with Crippen molar-refractivity contribution in [1.29, 1.82) is 0 Å². The highest BCUT2D eigenvalue weighted by molar-refractivity contribution is 7.85. The van der Waals surface area contributed by atoms with E-state index in [0.717, 1.165) is 17.5 Å². The van der Waals surface area contributed by atoms with Crippen LogP contribution < -0.4 is 10.6 Å². The Hall–Kier alpha value is -1.60. The van der Waals surface area contributed by atoms with Crippen LogP contribution >= 0.6 is 0 Å². The molecule has 2 N–H and O–H groups in total. The predicted octanol–water partition coefficient (Wildman–Crippen LogP) is 1.87. The Labute approximate surface area is 119 Å². The van der Waals surface area contributed by atoms with Crippen molar-refractivity contribution in [3.05, 3.63) is 29.8 Å². The molecule has 2 amide bonds. The van der Waals surface area contributed by atoms with Gasteiger partial charge in [0.25, 0.3) is 10.1 Å². The zero-order chi connectivity index (χ0) is 15.0. The molecule has 0 aromatic heterocycles. The Morgan fingerprint density at radius 1 is 1.20 bits per heavy atom. The number of nitrogens with one attached hydrogen (secondary N) is 2. The topological polar surface area (TPSA) is 84.5 Å². The number of amides is 2. The van der Waals surface area contributed by atoms with Crippen molar-refractivity contribution in [3.63, 3.8) is 0 Å². The summed E-state index contributed by atoms with van der Waals surface area (Å²) in [5.74, 6) is 0. The second-order valence-electron chi connectivity index (χ2n) is 4.48. The number of unbranched alkanes of at least 4 members (excludes halogenated alkanes) is 1. The minimum Gasteiger partial charge on any atom is -0.338 e. The first-order valence-electron chi connectivity index (χ1n) is 6.33. The van der Waals surface area contributed by atoms with Crippen molar-refractivity contribution in [2.75, 3.05) is 24.7 Å². The monoisotopic (exact) mass is 300 g/mol. The molecule has 0 heterocycles. The number of urea groups is 1. The molecule has 0 bridgehead atoms. The largest absolute Gasteiger partial charge is 0.338 e. The van der Waals surface area contributed by atoms with E-state index >= 15 is 0 Å². The third kappa shape index (κ3) is 7.75. The summed E-state index contributed by atoms with van der Waals surface area (Å²) in [6.07, 6.45) is 2.23. The highest BCUT2D eigenvalue weighted by atomic mass is 32.2. The fourth-order valence-corrected chi connectivity index (χ4v) is 1.87. The molecule has 0 aliphatic heterocycles. The number of rotatable bonds is 7. The van der Waals surface area contributed by atoms with E-state index in [9.17, 15) is 13.2 Å². The van der Waals surface area contributed by atoms with Crippen molar-refractivity contribution in [2.24, 2.45) is 0 Å². The molecular weight excluding hydrogens is 280 g/mol. The lowest BCUT2D eigenvalue weighted by Crippen LogP contribution is -2.29. The lowest BCUT2D eigenvalue weighted by atomic mass is 10.2. The van der Waals surface area contributed by atoms with Crippen LogP contribution in [0.3, 0.4) is 0 Å². The van der Waals surface area contributed by atoms with Gasteiger partial charge in [-0.3, -0.25) is 4.18 Å². The van der Waals surface area contributed by atoms with Gasteiger partial charge in [-0.25, -0.2) is 4.79 Å². The van der Waals surface area contributed by atoms with Gasteiger partial charge >= 0.3 is 6.03 Å². The first kappa shape index (κ1) is 16.5. The quantitative estimate of drug-likeness (QED) is 0.595. The molecule has 0 saturated heterocycles. The maximum absolute atomic E-state index is 11.5. The standard InChI is InChI=1S/C13H20N2O4S/c1-11-5-7-12(8-6-11)15-13(16)14-9-3-4-10-19-20(2,17)18/h5-8H,3-4,9-10H2,1-2H3,(H2,14,15,16). The molecule has 0 aliphatic rings. The third-order valence-corrected chi connectivity index (χ3v) is 3.06. The van der Waals surface area contributed by atoms with Gasteiger partial charge in [-0.1, -0.05) is 17.7 Å². The fourth-order valence-electron chi connectivity index (χ4n) is 1.45. The normalized spacial score (nSPS) is 11.1. The first-order chi connectivity index (χ1) is 9.37. The molecule has 0 fully saturated rings. The van der Waals surface area contributed by atoms with E-state index in [-0.39, 0.29) is 12.6 Å². The van der Waals surface area contributed by atoms with Gasteiger partial charge in [0, 0.05) is 12.2 Å². The number of anilines is 1. The van der Waals surface area contributed by atoms with E-state index in [2.05, 4.69) is 14.8 Å². The Kier molecular flexibility index (Phi) is 6.47. The van der Waals surface area contributed by atoms with Gasteiger partial charge in [-0.2, -0.15) is 8.42 Å². The van der Waals surface area contributed by atoms with Gasteiger partial charge < -0.3 is 10.6 Å². The van der Waals surface area contributed by atoms with E-state index in [4.69, 9.17) is 0 Å². The van der Waals surface area contributed by atoms with E-state index in [0.29, 0.717) is 19.4 Å². The molecule has 20 heavy (non-hydrogen) atoms. The average molecular weight is 300 g/mol. The minimum atomic E-state index is -3.37. The van der Waals surface area contributed by atoms with Crippen LogP contribution in [-0.4, -0.2) is 33.9 Å². The van der Waals surface area contributed by atoms with Gasteiger partial charge in [0.05, 0.1) is 12.9 Å². The maximum atomic E-state index is 11.5. The van der Waals surface area contributed by atoms with E-state index in [1.54, 1.807) is 0 Å². The van der Waals surface area contributed by atoms with Gasteiger partial charge in [-0.15, -0.1) is 0 Å². The number of hydrogen-bond donors (Lipinski definition) is 2. The lowest BCUT2D eigenvalue weighted by molar-refractivity contribution is 0.251. The highest BCUT2D eigenvalue weighted by Crippen LogP contribution is 2.07. The molecule has 0 atom stereocenters. The second kappa shape index (κ2) is 7.86. The summed E-state index contributed by atoms with van der Waals surface area (Å²) < 4.78 is 26.0. The molecule has 1 aromatic rings. The number of benzene rings is 1. The van der Waals surface area contributed by atoms with Gasteiger partial charge in [0.15, 0.2) is 0 Å². The van der Waals surface area contributed by atoms with Crippen LogP contribution in [0.2, 0.25) is 0 Å². The molecule has 112 valence electrons. The van der Waals surface area contributed by atoms with Crippen LogP contribution in [0, 0.1) is 6.92 Å². The molecule has 0 radical (unpaired) electrons. The van der Waals surface area contributed by atoms with Crippen LogP contribution in [0.15, 0.2) is 24.3 Å². The number of hydrogen-bond acceptors (Lipinski definition) is 4. The highest BCUT2D eigenvalue weighted by Gasteiger charge is 2.02. The molecule has 1 rings (SSSR count). The fraction of sp³-hybridized carbons (Fsp3) is 0.462. The predicted molar refractivity (Wildman–Crippen MR) is 78.2 cm³/mol. The van der Waals surface area contributed by atoms with Crippen molar-refractivity contribution in [2.45, 2.75) is 19.8 Å². The van der Waals surface area contributed by atoms with E-state index in [1.807, 2.05) is 31.2 Å². The SMILES string of the molecule is Cc1ccc(NC(=O)NCCCCOS(C)(=O)=O)cc1. The average Bonchev–Trinajstić information content (AvgIpc) is 2.35. The summed E-state index contributed by atoms with van der Waals surface area (Å²) in [7, 11) is -3.37. The number of aryl methyl sites for hydroxylation is 1. The molecule has 1 aromatic carbocycles. The summed E-state index contributed by atoms with van der Waals surface area (Å²) in [6, 6.07) is 7.21. The third-order valence-electron chi connectivity index (χ3n) is 2.46. The van der Waals surface area contributed by atoms with Crippen molar-refractivity contribution < 1.29 is 17.4 Å². The van der Waals surface area contributed by atoms with Gasteiger partial charge in [-0.05, 0) is 31.9 Å². The smallest absolute Gasteiger partial charge is 0.319 e. The maximum Gasteiger partial charge on any atom is 0.319 e. The van der Waals surface area contributed by atoms with E-state index in [1.165, 1.54) is 0 Å². The van der Waals surface area contributed by atoms with Gasteiger partial charge in [0.2, 0.25) is 0 Å². The molecule has 6 nitrogen and oxygen atoms in total. The van der Waals surface area contributed by atoms with Gasteiger partial charge in [0.1, 0.15) is 0 Å². The molecule has 0 aliphatic carbocycles. The molecule has 0 saturated carbocycles.